The number of hydrogen-bond acceptors (Lipinski definition) is 5. The van der Waals surface area contributed by atoms with Crippen molar-refractivity contribution >= 4 is 34.8 Å². The summed E-state index contributed by atoms with van der Waals surface area (Å²) in [6.07, 6.45) is 2.41. The van der Waals surface area contributed by atoms with E-state index in [2.05, 4.69) is 18.0 Å². The molecule has 0 radical (unpaired) electrons. The first kappa shape index (κ1) is 25.8. The molecule has 4 rings (SSSR count). The van der Waals surface area contributed by atoms with E-state index < -0.39 is 0 Å². The van der Waals surface area contributed by atoms with Crippen LogP contribution in [0.25, 0.3) is 0 Å². The lowest BCUT2D eigenvalue weighted by Gasteiger charge is -2.37. The Labute approximate surface area is 220 Å². The number of halogens is 1. The van der Waals surface area contributed by atoms with E-state index in [1.165, 1.54) is 9.78 Å². The molecule has 1 aliphatic heterocycles. The van der Waals surface area contributed by atoms with Crippen LogP contribution in [0.5, 0.6) is 11.5 Å². The van der Waals surface area contributed by atoms with Crippen LogP contribution < -0.4 is 9.47 Å². The number of ether oxygens (including phenoxy) is 2. The van der Waals surface area contributed by atoms with Crippen LogP contribution in [-0.4, -0.2) is 55.0 Å². The largest absolute Gasteiger partial charge is 0.497 e. The van der Waals surface area contributed by atoms with Crippen molar-refractivity contribution in [3.63, 3.8) is 0 Å². The molecule has 0 fully saturated rings. The molecule has 0 unspecified atom stereocenters. The molecular formula is C28H29ClN2O4S. The number of rotatable bonds is 9. The SMILES string of the molecule is C=CCN(CC(=O)N1CCc2sccc2[C@H]1COc1ccc(Cl)c(C)c1)C(=O)c1ccc(OC)cc1. The van der Waals surface area contributed by atoms with Crippen LogP contribution in [0.1, 0.15) is 32.4 Å². The fourth-order valence-electron chi connectivity index (χ4n) is 4.30. The van der Waals surface area contributed by atoms with Gasteiger partial charge < -0.3 is 19.3 Å². The standard InChI is InChI=1S/C28H29ClN2O4S/c1-4-13-30(28(33)20-5-7-21(34-3)8-6-20)17-27(32)31-14-11-26-23(12-15-36-26)25(31)18-35-22-9-10-24(29)19(2)16-22/h4-10,12,15-16,25H,1,11,13-14,17-18H2,2-3H3/t25-/m1/s1. The normalized spacial score (nSPS) is 14.6. The van der Waals surface area contributed by atoms with Crippen LogP contribution in [0.2, 0.25) is 5.02 Å². The second kappa shape index (κ2) is 11.6. The number of amides is 2. The zero-order chi connectivity index (χ0) is 25.7. The summed E-state index contributed by atoms with van der Waals surface area (Å²) < 4.78 is 11.3. The van der Waals surface area contributed by atoms with Crippen molar-refractivity contribution in [2.24, 2.45) is 0 Å². The molecule has 0 bridgehead atoms. The monoisotopic (exact) mass is 524 g/mol. The van der Waals surface area contributed by atoms with Gasteiger partial charge in [0.15, 0.2) is 0 Å². The Hall–Kier alpha value is -3.29. The maximum atomic E-state index is 13.6. The van der Waals surface area contributed by atoms with E-state index in [1.807, 2.05) is 30.0 Å². The Kier molecular flexibility index (Phi) is 8.33. The van der Waals surface area contributed by atoms with E-state index in [0.29, 0.717) is 35.2 Å². The second-order valence-corrected chi connectivity index (χ2v) is 9.98. The first-order valence-electron chi connectivity index (χ1n) is 11.7. The Morgan fingerprint density at radius 2 is 1.94 bits per heavy atom. The van der Waals surface area contributed by atoms with Gasteiger partial charge in [-0.3, -0.25) is 9.59 Å². The highest BCUT2D eigenvalue weighted by molar-refractivity contribution is 7.10. The molecule has 6 nitrogen and oxygen atoms in total. The van der Waals surface area contributed by atoms with Crippen LogP contribution in [0.15, 0.2) is 66.6 Å². The smallest absolute Gasteiger partial charge is 0.254 e. The number of nitrogens with zero attached hydrogens (tertiary/aromatic N) is 2. The number of carbonyl (C=O) groups is 2. The molecule has 2 heterocycles. The molecule has 36 heavy (non-hydrogen) atoms. The van der Waals surface area contributed by atoms with Gasteiger partial charge in [-0.25, -0.2) is 0 Å². The first-order valence-corrected chi connectivity index (χ1v) is 13.0. The van der Waals surface area contributed by atoms with Crippen LogP contribution in [-0.2, 0) is 11.2 Å². The molecule has 1 aromatic heterocycles. The van der Waals surface area contributed by atoms with Crippen LogP contribution in [0, 0.1) is 6.92 Å². The molecule has 3 aromatic rings. The number of carbonyl (C=O) groups excluding carboxylic acids is 2. The van der Waals surface area contributed by atoms with Gasteiger partial charge in [-0.2, -0.15) is 0 Å². The van der Waals surface area contributed by atoms with Gasteiger partial charge in [-0.05, 0) is 78.4 Å². The zero-order valence-corrected chi connectivity index (χ0v) is 22.0. The van der Waals surface area contributed by atoms with E-state index >= 15 is 0 Å². The lowest BCUT2D eigenvalue weighted by Crippen LogP contribution is -2.47. The van der Waals surface area contributed by atoms with Gasteiger partial charge in [0, 0.05) is 28.6 Å². The number of methoxy groups -OCH3 is 1. The lowest BCUT2D eigenvalue weighted by atomic mass is 10.0. The van der Waals surface area contributed by atoms with Crippen molar-refractivity contribution in [3.05, 3.63) is 93.2 Å². The van der Waals surface area contributed by atoms with Crippen LogP contribution >= 0.6 is 22.9 Å². The fourth-order valence-corrected chi connectivity index (χ4v) is 5.35. The van der Waals surface area contributed by atoms with E-state index in [4.69, 9.17) is 21.1 Å². The molecule has 0 saturated carbocycles. The van der Waals surface area contributed by atoms with Crippen molar-refractivity contribution in [2.75, 3.05) is 33.4 Å². The molecule has 188 valence electrons. The summed E-state index contributed by atoms with van der Waals surface area (Å²) in [5.41, 5.74) is 2.52. The Balaban J connectivity index is 1.51. The van der Waals surface area contributed by atoms with Crippen LogP contribution in [0.3, 0.4) is 0 Å². The van der Waals surface area contributed by atoms with Crippen molar-refractivity contribution < 1.29 is 19.1 Å². The molecule has 0 N–H and O–H groups in total. The van der Waals surface area contributed by atoms with Crippen molar-refractivity contribution in [2.45, 2.75) is 19.4 Å². The molecule has 0 spiro atoms. The molecule has 8 heteroatoms. The third kappa shape index (κ3) is 5.74. The van der Waals surface area contributed by atoms with Crippen molar-refractivity contribution in [1.29, 1.82) is 0 Å². The minimum atomic E-state index is -0.245. The number of hydrogen-bond donors (Lipinski definition) is 0. The summed E-state index contributed by atoms with van der Waals surface area (Å²) in [5.74, 6) is 1.01. The van der Waals surface area contributed by atoms with E-state index in [9.17, 15) is 9.59 Å². The minimum Gasteiger partial charge on any atom is -0.497 e. The average molecular weight is 525 g/mol. The molecule has 2 aromatic carbocycles. The fraction of sp³-hybridized carbons (Fsp3) is 0.286. The topological polar surface area (TPSA) is 59.1 Å². The summed E-state index contributed by atoms with van der Waals surface area (Å²) in [4.78, 5) is 31.4. The summed E-state index contributed by atoms with van der Waals surface area (Å²) in [6.45, 7) is 6.79. The minimum absolute atomic E-state index is 0.0487. The molecule has 2 amide bonds. The summed E-state index contributed by atoms with van der Waals surface area (Å²) in [6, 6.07) is 14.2. The maximum absolute atomic E-state index is 13.6. The Bertz CT molecular complexity index is 1240. The van der Waals surface area contributed by atoms with E-state index in [0.717, 1.165) is 17.5 Å². The highest BCUT2D eigenvalue weighted by Crippen LogP contribution is 2.34. The van der Waals surface area contributed by atoms with E-state index in [-0.39, 0.29) is 30.9 Å². The van der Waals surface area contributed by atoms with Gasteiger partial charge in [0.05, 0.1) is 13.2 Å². The third-order valence-corrected chi connectivity index (χ3v) is 7.67. The molecular weight excluding hydrogens is 496 g/mol. The van der Waals surface area contributed by atoms with Gasteiger partial charge in [-0.1, -0.05) is 17.7 Å². The van der Waals surface area contributed by atoms with Gasteiger partial charge in [-0.15, -0.1) is 17.9 Å². The summed E-state index contributed by atoms with van der Waals surface area (Å²) in [5, 5.41) is 2.73. The lowest BCUT2D eigenvalue weighted by molar-refractivity contribution is -0.135. The molecule has 1 aliphatic rings. The number of aryl methyl sites for hydroxylation is 1. The van der Waals surface area contributed by atoms with Gasteiger partial charge in [0.2, 0.25) is 5.91 Å². The number of fused-ring (bicyclic) bond motifs is 1. The van der Waals surface area contributed by atoms with E-state index in [1.54, 1.807) is 48.8 Å². The third-order valence-electron chi connectivity index (χ3n) is 6.25. The first-order chi connectivity index (χ1) is 17.4. The molecule has 0 aliphatic carbocycles. The predicted octanol–water partition coefficient (Wildman–Crippen LogP) is 5.55. The van der Waals surface area contributed by atoms with Gasteiger partial charge in [0.1, 0.15) is 24.7 Å². The predicted molar refractivity (Wildman–Crippen MR) is 143 cm³/mol. The Morgan fingerprint density at radius 3 is 2.64 bits per heavy atom. The zero-order valence-electron chi connectivity index (χ0n) is 20.4. The van der Waals surface area contributed by atoms with Gasteiger partial charge >= 0.3 is 0 Å². The summed E-state index contributed by atoms with van der Waals surface area (Å²) in [7, 11) is 1.57. The van der Waals surface area contributed by atoms with Crippen molar-refractivity contribution in [3.8, 4) is 11.5 Å². The van der Waals surface area contributed by atoms with Gasteiger partial charge in [0.25, 0.3) is 5.91 Å². The number of benzene rings is 2. The molecule has 1 atom stereocenters. The number of thiophene rings is 1. The van der Waals surface area contributed by atoms with Crippen molar-refractivity contribution in [1.82, 2.24) is 9.80 Å². The molecule has 0 saturated heterocycles. The second-order valence-electron chi connectivity index (χ2n) is 8.58. The maximum Gasteiger partial charge on any atom is 0.254 e. The quantitative estimate of drug-likeness (QED) is 0.344. The summed E-state index contributed by atoms with van der Waals surface area (Å²) >= 11 is 7.85. The highest BCUT2D eigenvalue weighted by atomic mass is 35.5. The Morgan fingerprint density at radius 1 is 1.19 bits per heavy atom. The van der Waals surface area contributed by atoms with Crippen LogP contribution in [0.4, 0.5) is 0 Å². The highest BCUT2D eigenvalue weighted by Gasteiger charge is 2.33. The average Bonchev–Trinajstić information content (AvgIpc) is 3.37.